The molecule has 0 atom stereocenters. The van der Waals surface area contributed by atoms with E-state index in [4.69, 9.17) is 10.5 Å². The van der Waals surface area contributed by atoms with Crippen molar-refractivity contribution >= 4 is 17.3 Å². The molecule has 0 aliphatic carbocycles. The summed E-state index contributed by atoms with van der Waals surface area (Å²) in [6.07, 6.45) is 0. The Kier molecular flexibility index (Phi) is 4.02. The number of nitrogen functional groups attached to an aromatic ring is 1. The summed E-state index contributed by atoms with van der Waals surface area (Å²) in [6, 6.07) is 5.09. The lowest BCUT2D eigenvalue weighted by molar-refractivity contribution is 0.102. The highest BCUT2D eigenvalue weighted by Crippen LogP contribution is 2.22. The van der Waals surface area contributed by atoms with Gasteiger partial charge in [-0.25, -0.2) is 13.2 Å². The molecule has 0 saturated heterocycles. The number of benzene rings is 2. The standard InChI is InChI=1S/C14H11F3N2O2/c1-21-13-3-2-7(4-11(13)17)19-14(20)8-5-12(18)10(16)6-9(8)15/h2-6H,18H2,1H3,(H,19,20). The molecule has 4 nitrogen and oxygen atoms in total. The number of carbonyl (C=O) groups is 1. The predicted molar refractivity (Wildman–Crippen MR) is 71.7 cm³/mol. The zero-order chi connectivity index (χ0) is 15.6. The Balaban J connectivity index is 2.26. The van der Waals surface area contributed by atoms with E-state index < -0.39 is 28.9 Å². The van der Waals surface area contributed by atoms with Gasteiger partial charge in [-0.2, -0.15) is 0 Å². The molecule has 0 spiro atoms. The topological polar surface area (TPSA) is 64.3 Å². The Morgan fingerprint density at radius 3 is 2.43 bits per heavy atom. The Morgan fingerprint density at radius 2 is 1.81 bits per heavy atom. The number of methoxy groups -OCH3 is 1. The van der Waals surface area contributed by atoms with E-state index in [-0.39, 0.29) is 17.1 Å². The summed E-state index contributed by atoms with van der Waals surface area (Å²) in [7, 11) is 1.30. The van der Waals surface area contributed by atoms with Crippen LogP contribution in [0.4, 0.5) is 24.5 Å². The van der Waals surface area contributed by atoms with Crippen LogP contribution >= 0.6 is 0 Å². The van der Waals surface area contributed by atoms with Crippen LogP contribution in [0.1, 0.15) is 10.4 Å². The lowest BCUT2D eigenvalue weighted by Gasteiger charge is -2.09. The number of anilines is 2. The molecule has 110 valence electrons. The van der Waals surface area contributed by atoms with Crippen molar-refractivity contribution in [1.82, 2.24) is 0 Å². The van der Waals surface area contributed by atoms with E-state index in [2.05, 4.69) is 5.32 Å². The van der Waals surface area contributed by atoms with E-state index in [1.54, 1.807) is 0 Å². The summed E-state index contributed by atoms with van der Waals surface area (Å²) in [5, 5.41) is 2.29. The minimum absolute atomic E-state index is 0.00482. The maximum absolute atomic E-state index is 13.5. The summed E-state index contributed by atoms with van der Waals surface area (Å²) < 4.78 is 44.8. The summed E-state index contributed by atoms with van der Waals surface area (Å²) in [6.45, 7) is 0. The fraction of sp³-hybridized carbons (Fsp3) is 0.0714. The maximum atomic E-state index is 13.5. The zero-order valence-corrected chi connectivity index (χ0v) is 10.9. The molecule has 0 fully saturated rings. The fourth-order valence-electron chi connectivity index (χ4n) is 1.68. The predicted octanol–water partition coefficient (Wildman–Crippen LogP) is 2.95. The number of ether oxygens (including phenoxy) is 1. The first-order valence-corrected chi connectivity index (χ1v) is 5.81. The number of amides is 1. The molecule has 0 aromatic heterocycles. The first kappa shape index (κ1) is 14.7. The van der Waals surface area contributed by atoms with Gasteiger partial charge < -0.3 is 15.8 Å². The van der Waals surface area contributed by atoms with Gasteiger partial charge in [0.25, 0.3) is 5.91 Å². The molecule has 2 rings (SSSR count). The highest BCUT2D eigenvalue weighted by atomic mass is 19.1. The SMILES string of the molecule is COc1ccc(NC(=O)c2cc(N)c(F)cc2F)cc1F. The summed E-state index contributed by atoms with van der Waals surface area (Å²) in [4.78, 5) is 11.9. The highest BCUT2D eigenvalue weighted by molar-refractivity contribution is 6.05. The van der Waals surface area contributed by atoms with Crippen LogP contribution in [-0.2, 0) is 0 Å². The van der Waals surface area contributed by atoms with Crippen LogP contribution in [-0.4, -0.2) is 13.0 Å². The lowest BCUT2D eigenvalue weighted by Crippen LogP contribution is -2.15. The highest BCUT2D eigenvalue weighted by Gasteiger charge is 2.16. The van der Waals surface area contributed by atoms with Gasteiger partial charge in [-0.1, -0.05) is 0 Å². The first-order valence-electron chi connectivity index (χ1n) is 5.81. The molecule has 0 bridgehead atoms. The number of halogens is 3. The average molecular weight is 296 g/mol. The third-order valence-corrected chi connectivity index (χ3v) is 2.74. The third kappa shape index (κ3) is 3.07. The van der Waals surface area contributed by atoms with Gasteiger partial charge in [0.2, 0.25) is 0 Å². The third-order valence-electron chi connectivity index (χ3n) is 2.74. The Morgan fingerprint density at radius 1 is 1.10 bits per heavy atom. The van der Waals surface area contributed by atoms with Crippen molar-refractivity contribution in [3.05, 3.63) is 53.3 Å². The van der Waals surface area contributed by atoms with Crippen molar-refractivity contribution in [3.63, 3.8) is 0 Å². The van der Waals surface area contributed by atoms with Crippen molar-refractivity contribution in [2.24, 2.45) is 0 Å². The van der Waals surface area contributed by atoms with Gasteiger partial charge in [0.1, 0.15) is 11.6 Å². The molecule has 1 amide bonds. The van der Waals surface area contributed by atoms with E-state index >= 15 is 0 Å². The van der Waals surface area contributed by atoms with Crippen molar-refractivity contribution in [2.45, 2.75) is 0 Å². The minimum Gasteiger partial charge on any atom is -0.494 e. The monoisotopic (exact) mass is 296 g/mol. The number of nitrogens with two attached hydrogens (primary N) is 1. The van der Waals surface area contributed by atoms with Crippen LogP contribution in [0.15, 0.2) is 30.3 Å². The molecule has 0 aliphatic rings. The molecule has 0 heterocycles. The minimum atomic E-state index is -1.06. The molecular weight excluding hydrogens is 285 g/mol. The normalized spacial score (nSPS) is 10.3. The molecule has 7 heteroatoms. The quantitative estimate of drug-likeness (QED) is 0.856. The second kappa shape index (κ2) is 5.74. The van der Waals surface area contributed by atoms with Gasteiger partial charge in [0.15, 0.2) is 11.6 Å². The van der Waals surface area contributed by atoms with Crippen molar-refractivity contribution < 1.29 is 22.7 Å². The molecule has 0 saturated carbocycles. The van der Waals surface area contributed by atoms with Crippen LogP contribution in [0, 0.1) is 17.5 Å². The molecular formula is C14H11F3N2O2. The maximum Gasteiger partial charge on any atom is 0.258 e. The van der Waals surface area contributed by atoms with E-state index in [1.807, 2.05) is 0 Å². The van der Waals surface area contributed by atoms with Gasteiger partial charge >= 0.3 is 0 Å². The molecule has 0 aliphatic heterocycles. The Hall–Kier alpha value is -2.70. The van der Waals surface area contributed by atoms with E-state index in [1.165, 1.54) is 19.2 Å². The number of nitrogens with one attached hydrogen (secondary N) is 1. The molecule has 0 unspecified atom stereocenters. The lowest BCUT2D eigenvalue weighted by atomic mass is 10.1. The number of hydrogen-bond acceptors (Lipinski definition) is 3. The fourth-order valence-corrected chi connectivity index (χ4v) is 1.68. The number of hydrogen-bond donors (Lipinski definition) is 2. The molecule has 0 radical (unpaired) electrons. The van der Waals surface area contributed by atoms with Crippen LogP contribution in [0.2, 0.25) is 0 Å². The smallest absolute Gasteiger partial charge is 0.258 e. The Labute approximate surface area is 118 Å². The van der Waals surface area contributed by atoms with Gasteiger partial charge in [-0.15, -0.1) is 0 Å². The van der Waals surface area contributed by atoms with Gasteiger partial charge in [-0.05, 0) is 18.2 Å². The van der Waals surface area contributed by atoms with Crippen molar-refractivity contribution in [3.8, 4) is 5.75 Å². The van der Waals surface area contributed by atoms with Gasteiger partial charge in [0, 0.05) is 17.8 Å². The van der Waals surface area contributed by atoms with Crippen LogP contribution in [0.5, 0.6) is 5.75 Å². The van der Waals surface area contributed by atoms with Gasteiger partial charge in [0.05, 0.1) is 18.4 Å². The van der Waals surface area contributed by atoms with Crippen LogP contribution in [0.3, 0.4) is 0 Å². The summed E-state index contributed by atoms with van der Waals surface area (Å²) in [5.41, 5.74) is 4.58. The van der Waals surface area contributed by atoms with E-state index in [9.17, 15) is 18.0 Å². The van der Waals surface area contributed by atoms with E-state index in [0.29, 0.717) is 6.07 Å². The van der Waals surface area contributed by atoms with Crippen LogP contribution < -0.4 is 15.8 Å². The van der Waals surface area contributed by atoms with Crippen molar-refractivity contribution in [1.29, 1.82) is 0 Å². The number of carbonyl (C=O) groups excluding carboxylic acids is 1. The zero-order valence-electron chi connectivity index (χ0n) is 10.9. The van der Waals surface area contributed by atoms with Gasteiger partial charge in [-0.3, -0.25) is 4.79 Å². The van der Waals surface area contributed by atoms with Crippen LogP contribution in [0.25, 0.3) is 0 Å². The number of rotatable bonds is 3. The second-order valence-electron chi connectivity index (χ2n) is 4.16. The largest absolute Gasteiger partial charge is 0.494 e. The molecule has 3 N–H and O–H groups in total. The molecule has 21 heavy (non-hydrogen) atoms. The first-order chi connectivity index (χ1) is 9.92. The van der Waals surface area contributed by atoms with Crippen molar-refractivity contribution in [2.75, 3.05) is 18.2 Å². The second-order valence-corrected chi connectivity index (χ2v) is 4.16. The average Bonchev–Trinajstić information content (AvgIpc) is 2.43. The Bertz CT molecular complexity index is 705. The molecule has 2 aromatic carbocycles. The summed E-state index contributed by atoms with van der Waals surface area (Å²) >= 11 is 0. The summed E-state index contributed by atoms with van der Waals surface area (Å²) in [5.74, 6) is -3.57. The van der Waals surface area contributed by atoms with E-state index in [0.717, 1.165) is 12.1 Å². The molecule has 2 aromatic rings.